The average molecular weight is 178 g/mol. The maximum atomic E-state index is 9.49. The predicted molar refractivity (Wildman–Crippen MR) is 53.5 cm³/mol. The first-order valence-corrected chi connectivity index (χ1v) is 4.27. The summed E-state index contributed by atoms with van der Waals surface area (Å²) in [6.45, 7) is 8.14. The first kappa shape index (κ1) is 9.65. The van der Waals surface area contributed by atoms with Crippen molar-refractivity contribution in [2.24, 2.45) is 0 Å². The predicted octanol–water partition coefficient (Wildman–Crippen LogP) is 2.71. The highest BCUT2D eigenvalue weighted by Gasteiger charge is 2.05. The molecule has 0 aromatic heterocycles. The third-order valence-electron chi connectivity index (χ3n) is 1.77. The van der Waals surface area contributed by atoms with Gasteiger partial charge in [0.05, 0.1) is 12.2 Å². The monoisotopic (exact) mass is 178 g/mol. The third kappa shape index (κ3) is 2.25. The van der Waals surface area contributed by atoms with Gasteiger partial charge in [-0.25, -0.2) is 0 Å². The summed E-state index contributed by atoms with van der Waals surface area (Å²) >= 11 is 0. The van der Waals surface area contributed by atoms with Gasteiger partial charge in [-0.05, 0) is 26.0 Å². The number of phenolic OH excluding ortho intramolecular Hbond substituents is 1. The lowest BCUT2D eigenvalue weighted by molar-refractivity contribution is 0.297. The molecule has 1 aromatic rings. The summed E-state index contributed by atoms with van der Waals surface area (Å²) in [4.78, 5) is 0. The average Bonchev–Trinajstić information content (AvgIpc) is 2.09. The van der Waals surface area contributed by atoms with Gasteiger partial charge in [-0.1, -0.05) is 18.2 Å². The molecule has 0 heterocycles. The fourth-order valence-electron chi connectivity index (χ4n) is 1.13. The first-order chi connectivity index (χ1) is 6.15. The normalized spacial score (nSPS) is 9.69. The van der Waals surface area contributed by atoms with Gasteiger partial charge in [0.25, 0.3) is 0 Å². The number of aromatic hydroxyl groups is 1. The molecule has 13 heavy (non-hydrogen) atoms. The highest BCUT2D eigenvalue weighted by molar-refractivity contribution is 5.64. The van der Waals surface area contributed by atoms with E-state index in [2.05, 4.69) is 6.58 Å². The van der Waals surface area contributed by atoms with Crippen LogP contribution in [0.1, 0.15) is 18.1 Å². The minimum Gasteiger partial charge on any atom is -0.507 e. The molecule has 0 aliphatic heterocycles. The number of rotatable bonds is 3. The molecule has 0 aliphatic rings. The van der Waals surface area contributed by atoms with Crippen LogP contribution < -0.4 is 0 Å². The Morgan fingerprint density at radius 1 is 1.54 bits per heavy atom. The van der Waals surface area contributed by atoms with Crippen LogP contribution in [0.5, 0.6) is 5.75 Å². The van der Waals surface area contributed by atoms with E-state index < -0.39 is 0 Å². The molecular formula is C11H14O2. The van der Waals surface area contributed by atoms with Gasteiger partial charge in [0.1, 0.15) is 11.5 Å². The lowest BCUT2D eigenvalue weighted by Gasteiger charge is -2.09. The number of aryl methyl sites for hydroxylation is 1. The Morgan fingerprint density at radius 3 is 2.85 bits per heavy atom. The van der Waals surface area contributed by atoms with Crippen LogP contribution in [0, 0.1) is 6.92 Å². The Bertz CT molecular complexity index is 316. The molecule has 2 heteroatoms. The molecular weight excluding hydrogens is 164 g/mol. The van der Waals surface area contributed by atoms with Crippen LogP contribution in [0.15, 0.2) is 24.8 Å². The van der Waals surface area contributed by atoms with Gasteiger partial charge < -0.3 is 9.84 Å². The van der Waals surface area contributed by atoms with Crippen LogP contribution >= 0.6 is 0 Å². The molecule has 0 spiro atoms. The Labute approximate surface area is 78.5 Å². The number of ether oxygens (including phenoxy) is 1. The Hall–Kier alpha value is -1.44. The van der Waals surface area contributed by atoms with Crippen LogP contribution in [0.3, 0.4) is 0 Å². The molecule has 0 saturated carbocycles. The second-order valence-electron chi connectivity index (χ2n) is 2.88. The topological polar surface area (TPSA) is 29.5 Å². The van der Waals surface area contributed by atoms with Crippen LogP contribution in [0.25, 0.3) is 5.76 Å². The summed E-state index contributed by atoms with van der Waals surface area (Å²) in [5.74, 6) is 0.729. The van der Waals surface area contributed by atoms with Crippen molar-refractivity contribution >= 4 is 5.76 Å². The number of hydrogen-bond acceptors (Lipinski definition) is 2. The molecule has 2 nitrogen and oxygen atoms in total. The van der Waals surface area contributed by atoms with Crippen molar-refractivity contribution in [2.75, 3.05) is 6.61 Å². The summed E-state index contributed by atoms with van der Waals surface area (Å²) in [5.41, 5.74) is 1.75. The first-order valence-electron chi connectivity index (χ1n) is 4.27. The number of phenols is 1. The van der Waals surface area contributed by atoms with E-state index in [4.69, 9.17) is 4.74 Å². The van der Waals surface area contributed by atoms with Crippen molar-refractivity contribution in [2.45, 2.75) is 13.8 Å². The zero-order chi connectivity index (χ0) is 9.84. The Kier molecular flexibility index (Phi) is 2.96. The summed E-state index contributed by atoms with van der Waals surface area (Å²) in [6, 6.07) is 5.35. The van der Waals surface area contributed by atoms with E-state index in [1.54, 1.807) is 6.07 Å². The molecule has 0 amide bonds. The summed E-state index contributed by atoms with van der Waals surface area (Å²) < 4.78 is 5.21. The molecule has 1 N–H and O–H groups in total. The fourth-order valence-corrected chi connectivity index (χ4v) is 1.13. The molecule has 0 aliphatic carbocycles. The molecule has 70 valence electrons. The van der Waals surface area contributed by atoms with Crippen molar-refractivity contribution in [3.8, 4) is 5.75 Å². The molecule has 1 aromatic carbocycles. The van der Waals surface area contributed by atoms with Gasteiger partial charge in [0, 0.05) is 0 Å². The second-order valence-corrected chi connectivity index (χ2v) is 2.88. The zero-order valence-electron chi connectivity index (χ0n) is 8.00. The smallest absolute Gasteiger partial charge is 0.126 e. The van der Waals surface area contributed by atoms with Crippen LogP contribution in [0.4, 0.5) is 0 Å². The van der Waals surface area contributed by atoms with E-state index in [9.17, 15) is 5.11 Å². The van der Waals surface area contributed by atoms with Crippen LogP contribution in [0.2, 0.25) is 0 Å². The van der Waals surface area contributed by atoms with E-state index in [1.807, 2.05) is 26.0 Å². The molecule has 0 radical (unpaired) electrons. The molecule has 0 saturated heterocycles. The van der Waals surface area contributed by atoms with Crippen molar-refractivity contribution < 1.29 is 9.84 Å². The third-order valence-corrected chi connectivity index (χ3v) is 1.77. The number of benzene rings is 1. The van der Waals surface area contributed by atoms with Crippen molar-refractivity contribution in [3.63, 3.8) is 0 Å². The van der Waals surface area contributed by atoms with Gasteiger partial charge in [0.15, 0.2) is 0 Å². The largest absolute Gasteiger partial charge is 0.507 e. The highest BCUT2D eigenvalue weighted by atomic mass is 16.5. The van der Waals surface area contributed by atoms with Gasteiger partial charge in [-0.2, -0.15) is 0 Å². The molecule has 0 bridgehead atoms. The summed E-state index contributed by atoms with van der Waals surface area (Å²) in [6.07, 6.45) is 0. The van der Waals surface area contributed by atoms with E-state index in [1.165, 1.54) is 0 Å². The lowest BCUT2D eigenvalue weighted by Crippen LogP contribution is -1.91. The highest BCUT2D eigenvalue weighted by Crippen LogP contribution is 2.25. The van der Waals surface area contributed by atoms with E-state index in [0.29, 0.717) is 17.9 Å². The van der Waals surface area contributed by atoms with Gasteiger partial charge >= 0.3 is 0 Å². The maximum absolute atomic E-state index is 9.49. The quantitative estimate of drug-likeness (QED) is 0.721. The fraction of sp³-hybridized carbons (Fsp3) is 0.273. The summed E-state index contributed by atoms with van der Waals surface area (Å²) in [7, 11) is 0. The second kappa shape index (κ2) is 3.99. The SMILES string of the molecule is C=C(OCC)c1cc(C)ccc1O. The Morgan fingerprint density at radius 2 is 2.23 bits per heavy atom. The maximum Gasteiger partial charge on any atom is 0.126 e. The minimum atomic E-state index is 0.212. The number of hydrogen-bond donors (Lipinski definition) is 1. The molecule has 1 rings (SSSR count). The van der Waals surface area contributed by atoms with Crippen molar-refractivity contribution in [1.29, 1.82) is 0 Å². The van der Waals surface area contributed by atoms with Crippen LogP contribution in [-0.2, 0) is 4.74 Å². The van der Waals surface area contributed by atoms with Gasteiger partial charge in [0.2, 0.25) is 0 Å². The van der Waals surface area contributed by atoms with Gasteiger partial charge in [-0.15, -0.1) is 0 Å². The Balaban J connectivity index is 2.99. The zero-order valence-corrected chi connectivity index (χ0v) is 8.00. The van der Waals surface area contributed by atoms with E-state index >= 15 is 0 Å². The lowest BCUT2D eigenvalue weighted by atomic mass is 10.1. The van der Waals surface area contributed by atoms with Crippen LogP contribution in [-0.4, -0.2) is 11.7 Å². The summed E-state index contributed by atoms with van der Waals surface area (Å²) in [5, 5.41) is 9.49. The van der Waals surface area contributed by atoms with E-state index in [0.717, 1.165) is 5.56 Å². The minimum absolute atomic E-state index is 0.212. The van der Waals surface area contributed by atoms with Gasteiger partial charge in [-0.3, -0.25) is 0 Å². The van der Waals surface area contributed by atoms with E-state index in [-0.39, 0.29) is 5.75 Å². The molecule has 0 unspecified atom stereocenters. The molecule has 0 fully saturated rings. The molecule has 0 atom stereocenters. The standard InChI is InChI=1S/C11H14O2/c1-4-13-9(3)10-7-8(2)5-6-11(10)12/h5-7,12H,3-4H2,1-2H3. The van der Waals surface area contributed by atoms with Crippen molar-refractivity contribution in [1.82, 2.24) is 0 Å². The van der Waals surface area contributed by atoms with Crippen molar-refractivity contribution in [3.05, 3.63) is 35.9 Å².